The predicted molar refractivity (Wildman–Crippen MR) is 86.1 cm³/mol. The lowest BCUT2D eigenvalue weighted by atomic mass is 10.0. The highest BCUT2D eigenvalue weighted by Crippen LogP contribution is 2.38. The molecule has 0 radical (unpaired) electrons. The first-order valence-corrected chi connectivity index (χ1v) is 7.10. The van der Waals surface area contributed by atoms with Gasteiger partial charge in [0.2, 0.25) is 0 Å². The second kappa shape index (κ2) is 7.62. The van der Waals surface area contributed by atoms with Crippen LogP contribution in [0.2, 0.25) is 0 Å². The number of phenols is 1. The van der Waals surface area contributed by atoms with E-state index in [0.29, 0.717) is 11.3 Å². The number of aliphatic hydroxyl groups excluding tert-OH is 2. The highest BCUT2D eigenvalue weighted by atomic mass is 16.5. The number of nitrogens with one attached hydrogen (secondary N) is 1. The minimum Gasteiger partial charge on any atom is -0.505 e. The highest BCUT2D eigenvalue weighted by molar-refractivity contribution is 6.11. The summed E-state index contributed by atoms with van der Waals surface area (Å²) in [6, 6.07) is 10.9. The second-order valence-electron chi connectivity index (χ2n) is 4.94. The van der Waals surface area contributed by atoms with Crippen LogP contribution in [-0.4, -0.2) is 47.5 Å². The van der Waals surface area contributed by atoms with Crippen LogP contribution in [0.4, 0.5) is 5.69 Å². The summed E-state index contributed by atoms with van der Waals surface area (Å²) in [4.78, 5) is 12.5. The average molecular weight is 317 g/mol. The molecular formula is C17H19NO5. The van der Waals surface area contributed by atoms with Crippen molar-refractivity contribution in [1.82, 2.24) is 0 Å². The Morgan fingerprint density at radius 2 is 1.78 bits per heavy atom. The molecule has 6 nitrogen and oxygen atoms in total. The van der Waals surface area contributed by atoms with Crippen LogP contribution in [0.1, 0.15) is 15.9 Å². The number of rotatable bonds is 7. The zero-order valence-electron chi connectivity index (χ0n) is 12.7. The smallest absolute Gasteiger partial charge is 0.196 e. The molecule has 4 N–H and O–H groups in total. The minimum atomic E-state index is -0.683. The van der Waals surface area contributed by atoms with Crippen LogP contribution < -0.4 is 10.1 Å². The van der Waals surface area contributed by atoms with Crippen molar-refractivity contribution in [2.24, 2.45) is 0 Å². The number of carbonyl (C=O) groups excluding carboxylic acids is 1. The van der Waals surface area contributed by atoms with E-state index < -0.39 is 6.04 Å². The van der Waals surface area contributed by atoms with Crippen LogP contribution in [0, 0.1) is 0 Å². The Morgan fingerprint density at radius 3 is 2.35 bits per heavy atom. The molecule has 0 fully saturated rings. The number of phenolic OH excluding ortho intramolecular Hbond substituents is 1. The van der Waals surface area contributed by atoms with Crippen LogP contribution in [0.3, 0.4) is 0 Å². The molecule has 6 heteroatoms. The summed E-state index contributed by atoms with van der Waals surface area (Å²) in [5.74, 6) is -0.317. The molecule has 2 aromatic carbocycles. The van der Waals surface area contributed by atoms with Gasteiger partial charge in [-0.1, -0.05) is 30.3 Å². The molecule has 2 rings (SSSR count). The zero-order valence-corrected chi connectivity index (χ0v) is 12.7. The average Bonchev–Trinajstić information content (AvgIpc) is 2.60. The fraction of sp³-hybridized carbons (Fsp3) is 0.235. The van der Waals surface area contributed by atoms with E-state index >= 15 is 0 Å². The third-order valence-electron chi connectivity index (χ3n) is 3.43. The molecule has 0 amide bonds. The molecule has 0 aliphatic rings. The molecule has 23 heavy (non-hydrogen) atoms. The molecule has 0 atom stereocenters. The quantitative estimate of drug-likeness (QED) is 0.455. The van der Waals surface area contributed by atoms with E-state index in [1.54, 1.807) is 36.4 Å². The number of methoxy groups -OCH3 is 1. The summed E-state index contributed by atoms with van der Waals surface area (Å²) in [6.45, 7) is -0.675. The highest BCUT2D eigenvalue weighted by Gasteiger charge is 2.21. The maximum absolute atomic E-state index is 12.5. The molecular weight excluding hydrogens is 298 g/mol. The summed E-state index contributed by atoms with van der Waals surface area (Å²) >= 11 is 0. The SMILES string of the molecule is COc1ccc(C(=O)c2ccccc2)c(O)c1NC(CO)CO. The molecule has 0 unspecified atom stereocenters. The number of hydrogen-bond donors (Lipinski definition) is 4. The van der Waals surface area contributed by atoms with Crippen LogP contribution in [-0.2, 0) is 0 Å². The zero-order chi connectivity index (χ0) is 16.8. The van der Waals surface area contributed by atoms with E-state index in [0.717, 1.165) is 0 Å². The van der Waals surface area contributed by atoms with Gasteiger partial charge in [-0.05, 0) is 12.1 Å². The van der Waals surface area contributed by atoms with Gasteiger partial charge in [0.25, 0.3) is 0 Å². The first-order valence-electron chi connectivity index (χ1n) is 7.10. The first-order chi connectivity index (χ1) is 11.1. The van der Waals surface area contributed by atoms with Gasteiger partial charge >= 0.3 is 0 Å². The van der Waals surface area contributed by atoms with Crippen molar-refractivity contribution < 1.29 is 24.9 Å². The molecule has 0 saturated heterocycles. The van der Waals surface area contributed by atoms with E-state index in [2.05, 4.69) is 5.32 Å². The summed E-state index contributed by atoms with van der Waals surface area (Å²) < 4.78 is 5.16. The van der Waals surface area contributed by atoms with Gasteiger partial charge in [0.05, 0.1) is 31.9 Å². The number of aliphatic hydroxyl groups is 2. The Balaban J connectivity index is 2.44. The van der Waals surface area contributed by atoms with Crippen molar-refractivity contribution in [2.45, 2.75) is 6.04 Å². The number of anilines is 1. The van der Waals surface area contributed by atoms with Crippen LogP contribution >= 0.6 is 0 Å². The number of ketones is 1. The van der Waals surface area contributed by atoms with Crippen molar-refractivity contribution in [1.29, 1.82) is 0 Å². The van der Waals surface area contributed by atoms with Crippen LogP contribution in [0.5, 0.6) is 11.5 Å². The van der Waals surface area contributed by atoms with Gasteiger partial charge in [-0.25, -0.2) is 0 Å². The second-order valence-corrected chi connectivity index (χ2v) is 4.94. The molecule has 0 spiro atoms. The van der Waals surface area contributed by atoms with Crippen molar-refractivity contribution in [3.63, 3.8) is 0 Å². The van der Waals surface area contributed by atoms with Gasteiger partial charge in [-0.3, -0.25) is 4.79 Å². The van der Waals surface area contributed by atoms with Crippen molar-refractivity contribution in [3.8, 4) is 11.5 Å². The Labute approximate surface area is 134 Å². The largest absolute Gasteiger partial charge is 0.505 e. The Morgan fingerprint density at radius 1 is 1.13 bits per heavy atom. The summed E-state index contributed by atoms with van der Waals surface area (Å²) in [7, 11) is 1.42. The fourth-order valence-corrected chi connectivity index (χ4v) is 2.16. The van der Waals surface area contributed by atoms with Gasteiger partial charge in [-0.15, -0.1) is 0 Å². The molecule has 122 valence electrons. The van der Waals surface area contributed by atoms with E-state index in [1.807, 2.05) is 0 Å². The molecule has 0 aliphatic heterocycles. The topological polar surface area (TPSA) is 99.0 Å². The Kier molecular flexibility index (Phi) is 5.56. The van der Waals surface area contributed by atoms with Gasteiger partial charge in [0, 0.05) is 5.56 Å². The lowest BCUT2D eigenvalue weighted by Gasteiger charge is -2.19. The third kappa shape index (κ3) is 3.61. The normalized spacial score (nSPS) is 10.6. The van der Waals surface area contributed by atoms with Crippen molar-refractivity contribution >= 4 is 11.5 Å². The van der Waals surface area contributed by atoms with E-state index in [9.17, 15) is 20.1 Å². The third-order valence-corrected chi connectivity index (χ3v) is 3.43. The Hall–Kier alpha value is -2.57. The van der Waals surface area contributed by atoms with Gasteiger partial charge in [0.1, 0.15) is 11.4 Å². The molecule has 0 aromatic heterocycles. The lowest BCUT2D eigenvalue weighted by molar-refractivity contribution is 0.103. The van der Waals surface area contributed by atoms with E-state index in [-0.39, 0.29) is 36.0 Å². The maximum Gasteiger partial charge on any atom is 0.196 e. The molecule has 2 aromatic rings. The lowest BCUT2D eigenvalue weighted by Crippen LogP contribution is -2.28. The predicted octanol–water partition coefficient (Wildman–Crippen LogP) is 1.40. The first kappa shape index (κ1) is 16.8. The Bertz CT molecular complexity index is 668. The minimum absolute atomic E-state index is 0.106. The maximum atomic E-state index is 12.5. The fourth-order valence-electron chi connectivity index (χ4n) is 2.16. The van der Waals surface area contributed by atoms with Gasteiger partial charge in [0.15, 0.2) is 11.5 Å². The van der Waals surface area contributed by atoms with Crippen LogP contribution in [0.15, 0.2) is 42.5 Å². The number of ether oxygens (including phenoxy) is 1. The molecule has 0 aliphatic carbocycles. The standard InChI is InChI=1S/C17H19NO5/c1-23-14-8-7-13(16(21)11-5-3-2-4-6-11)17(22)15(14)18-12(9-19)10-20/h2-8,12,18-20,22H,9-10H2,1H3. The van der Waals surface area contributed by atoms with Crippen molar-refractivity contribution in [3.05, 3.63) is 53.6 Å². The summed E-state index contributed by atoms with van der Waals surface area (Å²) in [5, 5.41) is 31.6. The molecule has 0 saturated carbocycles. The summed E-state index contributed by atoms with van der Waals surface area (Å²) in [5.41, 5.74) is 0.705. The molecule has 0 heterocycles. The van der Waals surface area contributed by atoms with E-state index in [1.165, 1.54) is 13.2 Å². The number of carbonyl (C=O) groups is 1. The van der Waals surface area contributed by atoms with Crippen LogP contribution in [0.25, 0.3) is 0 Å². The number of hydrogen-bond acceptors (Lipinski definition) is 6. The number of benzene rings is 2. The summed E-state index contributed by atoms with van der Waals surface area (Å²) in [6.07, 6.45) is 0. The van der Waals surface area contributed by atoms with E-state index in [4.69, 9.17) is 4.74 Å². The van der Waals surface area contributed by atoms with Gasteiger partial charge in [-0.2, -0.15) is 0 Å². The van der Waals surface area contributed by atoms with Gasteiger partial charge < -0.3 is 25.4 Å². The molecule has 0 bridgehead atoms. The van der Waals surface area contributed by atoms with Crippen molar-refractivity contribution in [2.75, 3.05) is 25.6 Å². The monoisotopic (exact) mass is 317 g/mol. The number of aromatic hydroxyl groups is 1.